The Morgan fingerprint density at radius 1 is 0.857 bits per heavy atom. The summed E-state index contributed by atoms with van der Waals surface area (Å²) in [5, 5.41) is 53.7. The van der Waals surface area contributed by atoms with Crippen LogP contribution in [0.15, 0.2) is 12.7 Å². The molecule has 0 atom stereocenters. The van der Waals surface area contributed by atoms with E-state index in [0.717, 1.165) is 6.08 Å². The average molecular weight is 426 g/mol. The van der Waals surface area contributed by atoms with Crippen molar-refractivity contribution in [3.8, 4) is 0 Å². The van der Waals surface area contributed by atoms with Gasteiger partial charge in [0.2, 0.25) is 0 Å². The number of unbranched alkanes of at least 4 members (excludes halogenated alkanes) is 2. The number of carboxylic acids is 2. The summed E-state index contributed by atoms with van der Waals surface area (Å²) >= 11 is 0. The van der Waals surface area contributed by atoms with Gasteiger partial charge in [0.1, 0.15) is 0 Å². The molecule has 0 rings (SSSR count). The van der Waals surface area contributed by atoms with E-state index in [2.05, 4.69) is 11.3 Å². The van der Waals surface area contributed by atoms with Crippen LogP contribution < -0.4 is 69.3 Å². The Bertz CT molecular complexity index is 367. The van der Waals surface area contributed by atoms with Gasteiger partial charge in [-0.25, -0.2) is 4.79 Å². The second kappa shape index (κ2) is 27.0. The Hall–Kier alpha value is -0.0100. The predicted octanol–water partition coefficient (Wildman–Crippen LogP) is -9.27. The van der Waals surface area contributed by atoms with Crippen LogP contribution in [-0.2, 0) is 19.1 Å². The Balaban J connectivity index is -0.0000000948. The molecule has 0 aromatic heterocycles. The summed E-state index contributed by atoms with van der Waals surface area (Å²) in [4.78, 5) is 29.6. The largest absolute Gasteiger partial charge is 1.00 e. The molecule has 0 aliphatic heterocycles. The van der Waals surface area contributed by atoms with E-state index in [1.165, 1.54) is 7.11 Å². The average Bonchev–Trinajstić information content (AvgIpc) is 2.63. The maximum Gasteiger partial charge on any atom is 1.00 e. The summed E-state index contributed by atoms with van der Waals surface area (Å²) in [6.07, 6.45) is 2.69. The van der Waals surface area contributed by atoms with Gasteiger partial charge in [0.25, 0.3) is 0 Å². The van der Waals surface area contributed by atoms with Gasteiger partial charge >= 0.3 is 65.1 Å². The minimum absolute atomic E-state index is 0. The fraction of sp³-hybridized carbons (Fsp3) is 0.688. The second-order valence-corrected chi connectivity index (χ2v) is 5.16. The predicted molar refractivity (Wildman–Crippen MR) is 86.1 cm³/mol. The van der Waals surface area contributed by atoms with E-state index in [1.54, 1.807) is 0 Å². The smallest absolute Gasteiger partial charge is 0.550 e. The van der Waals surface area contributed by atoms with Gasteiger partial charge in [-0.15, -0.1) is 0 Å². The van der Waals surface area contributed by atoms with Crippen LogP contribution in [-0.4, -0.2) is 71.9 Å². The number of aliphatic hydroxyl groups excluding tert-OH is 4. The molecule has 0 aromatic carbocycles. The fourth-order valence-electron chi connectivity index (χ4n) is 1.10. The summed E-state index contributed by atoms with van der Waals surface area (Å²) in [6.45, 7) is 1.53. The van der Waals surface area contributed by atoms with Crippen molar-refractivity contribution in [3.05, 3.63) is 12.7 Å². The molecule has 0 aliphatic carbocycles. The van der Waals surface area contributed by atoms with Crippen LogP contribution in [0.5, 0.6) is 0 Å². The third kappa shape index (κ3) is 28.2. The Morgan fingerprint density at radius 3 is 1.29 bits per heavy atom. The van der Waals surface area contributed by atoms with Crippen LogP contribution in [0.2, 0.25) is 0 Å². The van der Waals surface area contributed by atoms with E-state index < -0.39 is 49.8 Å². The molecule has 0 saturated heterocycles. The van der Waals surface area contributed by atoms with Crippen molar-refractivity contribution in [2.24, 2.45) is 5.41 Å². The summed E-state index contributed by atoms with van der Waals surface area (Å²) in [6, 6.07) is 0. The summed E-state index contributed by atoms with van der Waals surface area (Å²) in [5.41, 5.74) is -1.11. The molecule has 12 heteroatoms. The second-order valence-electron chi connectivity index (χ2n) is 5.16. The first-order valence-corrected chi connectivity index (χ1v) is 7.72. The molecule has 28 heavy (non-hydrogen) atoms. The third-order valence-corrected chi connectivity index (χ3v) is 2.97. The summed E-state index contributed by atoms with van der Waals surface area (Å²) in [5.74, 6) is -2.56. The van der Waals surface area contributed by atoms with E-state index in [1.807, 2.05) is 0 Å². The standard InChI is InChI=1S/C7H12O4.C5H12O4.C4H6O2.2Na/c8-6(9)4-2-1-3-5-7(10)11;6-1-5(2-7,3-8)4-9;1-3-4(5)6-2;;/h1-5H2,(H,8,9)(H,10,11);6-9H,1-4H2;3H,1H2,2H3;;/q;;;2*+1/p-2. The Morgan fingerprint density at radius 2 is 1.18 bits per heavy atom. The van der Waals surface area contributed by atoms with E-state index in [0.29, 0.717) is 19.3 Å². The molecule has 0 aromatic rings. The van der Waals surface area contributed by atoms with Crippen molar-refractivity contribution < 1.29 is 109 Å². The molecule has 0 fully saturated rings. The first-order chi connectivity index (χ1) is 12.2. The van der Waals surface area contributed by atoms with Crippen molar-refractivity contribution in [1.82, 2.24) is 0 Å². The molecule has 0 bridgehead atoms. The van der Waals surface area contributed by atoms with Crippen LogP contribution in [0.1, 0.15) is 32.1 Å². The topological polar surface area (TPSA) is 187 Å². The van der Waals surface area contributed by atoms with Gasteiger partial charge in [-0.3, -0.25) is 0 Å². The molecular formula is C16H28Na2O10. The van der Waals surface area contributed by atoms with Crippen molar-refractivity contribution in [1.29, 1.82) is 0 Å². The molecule has 0 unspecified atom stereocenters. The number of carbonyl (C=O) groups excluding carboxylic acids is 3. The molecule has 0 radical (unpaired) electrons. The van der Waals surface area contributed by atoms with E-state index >= 15 is 0 Å². The Labute approximate surface area is 209 Å². The molecule has 154 valence electrons. The number of aliphatic carboxylic acids is 2. The molecular weight excluding hydrogens is 398 g/mol. The molecule has 0 aliphatic rings. The number of rotatable bonds is 11. The normalized spacial score (nSPS) is 9.04. The van der Waals surface area contributed by atoms with Gasteiger partial charge < -0.3 is 45.0 Å². The number of esters is 1. The molecule has 0 heterocycles. The minimum atomic E-state index is -1.11. The van der Waals surface area contributed by atoms with Gasteiger partial charge in [0, 0.05) is 18.0 Å². The number of carbonyl (C=O) groups is 3. The zero-order valence-electron chi connectivity index (χ0n) is 16.9. The van der Waals surface area contributed by atoms with Crippen LogP contribution in [0.4, 0.5) is 0 Å². The number of aliphatic hydroxyl groups is 4. The van der Waals surface area contributed by atoms with E-state index in [4.69, 9.17) is 20.4 Å². The number of carboxylic acid groups (broad SMARTS) is 2. The molecule has 0 amide bonds. The van der Waals surface area contributed by atoms with Gasteiger partial charge in [0.05, 0.1) is 39.0 Å². The first kappa shape index (κ1) is 38.6. The summed E-state index contributed by atoms with van der Waals surface area (Å²) in [7, 11) is 1.31. The van der Waals surface area contributed by atoms with Crippen LogP contribution >= 0.6 is 0 Å². The van der Waals surface area contributed by atoms with Gasteiger partial charge in [-0.1, -0.05) is 13.0 Å². The molecule has 0 spiro atoms. The first-order valence-electron chi connectivity index (χ1n) is 7.72. The van der Waals surface area contributed by atoms with Crippen molar-refractivity contribution >= 4 is 17.9 Å². The molecule has 4 N–H and O–H groups in total. The monoisotopic (exact) mass is 426 g/mol. The summed E-state index contributed by atoms with van der Waals surface area (Å²) < 4.78 is 4.14. The number of ether oxygens (including phenoxy) is 1. The van der Waals surface area contributed by atoms with Gasteiger partial charge in [0.15, 0.2) is 0 Å². The zero-order valence-corrected chi connectivity index (χ0v) is 20.9. The van der Waals surface area contributed by atoms with Gasteiger partial charge in [-0.2, -0.15) is 0 Å². The number of hydrogen-bond donors (Lipinski definition) is 4. The maximum atomic E-state index is 9.86. The van der Waals surface area contributed by atoms with Gasteiger partial charge in [-0.05, 0) is 25.7 Å². The third-order valence-electron chi connectivity index (χ3n) is 2.97. The van der Waals surface area contributed by atoms with Crippen molar-refractivity contribution in [3.63, 3.8) is 0 Å². The van der Waals surface area contributed by atoms with E-state index in [-0.39, 0.29) is 72.0 Å². The number of methoxy groups -OCH3 is 1. The van der Waals surface area contributed by atoms with Crippen LogP contribution in [0.25, 0.3) is 0 Å². The quantitative estimate of drug-likeness (QED) is 0.107. The van der Waals surface area contributed by atoms with Crippen molar-refractivity contribution in [2.75, 3.05) is 33.5 Å². The van der Waals surface area contributed by atoms with Crippen molar-refractivity contribution in [2.45, 2.75) is 32.1 Å². The van der Waals surface area contributed by atoms with Crippen LogP contribution in [0.3, 0.4) is 0 Å². The number of hydrogen-bond acceptors (Lipinski definition) is 10. The maximum absolute atomic E-state index is 9.86. The fourth-order valence-corrected chi connectivity index (χ4v) is 1.10. The molecule has 0 saturated carbocycles. The van der Waals surface area contributed by atoms with E-state index in [9.17, 15) is 24.6 Å². The molecule has 10 nitrogen and oxygen atoms in total. The Kier molecular flexibility index (Phi) is 37.2. The van der Waals surface area contributed by atoms with Crippen LogP contribution in [0, 0.1) is 5.41 Å². The minimum Gasteiger partial charge on any atom is -0.550 e. The SMILES string of the molecule is C=CC(=O)OC.O=C([O-])CCCCCC(=O)[O-].OCC(CO)(CO)CO.[Na+].[Na+]. The zero-order chi connectivity index (χ0) is 21.0.